The second kappa shape index (κ2) is 5.96. The maximum absolute atomic E-state index is 13.0. The topological polar surface area (TPSA) is 38.8 Å². The lowest BCUT2D eigenvalue weighted by molar-refractivity contribution is -0.159. The molecular formula is C17H25F2NO3. The summed E-state index contributed by atoms with van der Waals surface area (Å²) in [4.78, 5) is 14.1. The van der Waals surface area contributed by atoms with E-state index in [1.807, 2.05) is 0 Å². The van der Waals surface area contributed by atoms with Gasteiger partial charge in [0.15, 0.2) is 0 Å². The van der Waals surface area contributed by atoms with E-state index in [0.29, 0.717) is 24.9 Å². The van der Waals surface area contributed by atoms with E-state index in [0.717, 1.165) is 32.2 Å². The lowest BCUT2D eigenvalue weighted by Crippen LogP contribution is -2.46. The minimum Gasteiger partial charge on any atom is -0.381 e. The van der Waals surface area contributed by atoms with Crippen LogP contribution < -0.4 is 0 Å². The Hall–Kier alpha value is -0.750. The molecule has 4 rings (SSSR count). The molecule has 0 bridgehead atoms. The van der Waals surface area contributed by atoms with Gasteiger partial charge in [-0.25, -0.2) is 8.78 Å². The summed E-state index contributed by atoms with van der Waals surface area (Å²) in [5.41, 5.74) is 0. The Bertz CT molecular complexity index is 461. The van der Waals surface area contributed by atoms with Crippen molar-refractivity contribution in [2.45, 2.75) is 44.1 Å². The van der Waals surface area contributed by atoms with Crippen molar-refractivity contribution in [3.05, 3.63) is 0 Å². The molecule has 2 saturated heterocycles. The standard InChI is InChI=1S/C17H25F2NO3/c18-17(19)5-13(6-17)16(21)20-7-14-12(10-23-15(14)8-20)3-4-22-9-11-1-2-11/h11-15H,1-10H2/t12-,14-,15-/m0/s1. The fraction of sp³-hybridized carbons (Fsp3) is 0.941. The molecule has 4 aliphatic rings. The van der Waals surface area contributed by atoms with E-state index < -0.39 is 11.8 Å². The fourth-order valence-electron chi connectivity index (χ4n) is 4.14. The smallest absolute Gasteiger partial charge is 0.249 e. The highest BCUT2D eigenvalue weighted by atomic mass is 19.3. The number of likely N-dealkylation sites (tertiary alicyclic amines) is 1. The fourth-order valence-corrected chi connectivity index (χ4v) is 4.14. The Kier molecular flexibility index (Phi) is 4.08. The lowest BCUT2D eigenvalue weighted by Gasteiger charge is -2.36. The van der Waals surface area contributed by atoms with Crippen LogP contribution in [0.5, 0.6) is 0 Å². The van der Waals surface area contributed by atoms with E-state index >= 15 is 0 Å². The first-order chi connectivity index (χ1) is 11.0. The number of hydrogen-bond acceptors (Lipinski definition) is 3. The van der Waals surface area contributed by atoms with Crippen LogP contribution in [-0.4, -0.2) is 55.7 Å². The van der Waals surface area contributed by atoms with E-state index in [1.54, 1.807) is 4.90 Å². The number of halogens is 2. The highest BCUT2D eigenvalue weighted by Gasteiger charge is 2.52. The summed E-state index contributed by atoms with van der Waals surface area (Å²) >= 11 is 0. The van der Waals surface area contributed by atoms with Crippen LogP contribution in [0.25, 0.3) is 0 Å². The third-order valence-corrected chi connectivity index (χ3v) is 5.87. The molecular weight excluding hydrogens is 304 g/mol. The molecule has 0 aromatic heterocycles. The molecule has 4 nitrogen and oxygen atoms in total. The molecule has 2 saturated carbocycles. The summed E-state index contributed by atoms with van der Waals surface area (Å²) in [6.45, 7) is 3.62. The van der Waals surface area contributed by atoms with Crippen LogP contribution in [0.1, 0.15) is 32.1 Å². The van der Waals surface area contributed by atoms with Gasteiger partial charge in [-0.15, -0.1) is 0 Å². The van der Waals surface area contributed by atoms with Crippen LogP contribution in [-0.2, 0) is 14.3 Å². The number of amides is 1. The van der Waals surface area contributed by atoms with Gasteiger partial charge < -0.3 is 14.4 Å². The molecule has 2 heterocycles. The van der Waals surface area contributed by atoms with Gasteiger partial charge in [0.2, 0.25) is 11.8 Å². The first-order valence-corrected chi connectivity index (χ1v) is 8.88. The highest BCUT2D eigenvalue weighted by molar-refractivity contribution is 5.80. The third kappa shape index (κ3) is 3.38. The zero-order valence-electron chi connectivity index (χ0n) is 13.4. The van der Waals surface area contributed by atoms with Crippen LogP contribution in [0.15, 0.2) is 0 Å². The van der Waals surface area contributed by atoms with Gasteiger partial charge in [-0.1, -0.05) is 0 Å². The monoisotopic (exact) mass is 329 g/mol. The number of alkyl halides is 2. The predicted molar refractivity (Wildman–Crippen MR) is 79.1 cm³/mol. The Balaban J connectivity index is 1.23. The zero-order chi connectivity index (χ0) is 16.0. The van der Waals surface area contributed by atoms with Gasteiger partial charge in [0.1, 0.15) is 0 Å². The second-order valence-electron chi connectivity index (χ2n) is 7.81. The van der Waals surface area contributed by atoms with Crippen molar-refractivity contribution in [2.75, 3.05) is 32.9 Å². The molecule has 0 radical (unpaired) electrons. The molecule has 0 N–H and O–H groups in total. The number of carbonyl (C=O) groups excluding carboxylic acids is 1. The van der Waals surface area contributed by atoms with Crippen LogP contribution in [0, 0.1) is 23.7 Å². The second-order valence-corrected chi connectivity index (χ2v) is 7.81. The van der Waals surface area contributed by atoms with Crippen molar-refractivity contribution in [1.29, 1.82) is 0 Å². The summed E-state index contributed by atoms with van der Waals surface area (Å²) in [6.07, 6.45) is 3.10. The van der Waals surface area contributed by atoms with E-state index in [9.17, 15) is 13.6 Å². The van der Waals surface area contributed by atoms with Crippen molar-refractivity contribution < 1.29 is 23.0 Å². The number of nitrogens with zero attached hydrogens (tertiary/aromatic N) is 1. The summed E-state index contributed by atoms with van der Waals surface area (Å²) < 4.78 is 37.5. The average Bonchev–Trinajstić information content (AvgIpc) is 3.08. The minimum atomic E-state index is -2.63. The van der Waals surface area contributed by atoms with Crippen LogP contribution in [0.3, 0.4) is 0 Å². The maximum Gasteiger partial charge on any atom is 0.249 e. The minimum absolute atomic E-state index is 0.0907. The first-order valence-electron chi connectivity index (χ1n) is 8.88. The molecule has 23 heavy (non-hydrogen) atoms. The highest BCUT2D eigenvalue weighted by Crippen LogP contribution is 2.44. The van der Waals surface area contributed by atoms with Crippen LogP contribution in [0.2, 0.25) is 0 Å². The number of hydrogen-bond donors (Lipinski definition) is 0. The Morgan fingerprint density at radius 3 is 2.74 bits per heavy atom. The number of fused-ring (bicyclic) bond motifs is 1. The van der Waals surface area contributed by atoms with Crippen molar-refractivity contribution in [2.24, 2.45) is 23.7 Å². The molecule has 4 fully saturated rings. The van der Waals surface area contributed by atoms with Crippen molar-refractivity contribution in [3.8, 4) is 0 Å². The van der Waals surface area contributed by atoms with Gasteiger partial charge in [0, 0.05) is 51.0 Å². The van der Waals surface area contributed by atoms with E-state index in [4.69, 9.17) is 9.47 Å². The van der Waals surface area contributed by atoms with Gasteiger partial charge in [-0.3, -0.25) is 4.79 Å². The normalized spacial score (nSPS) is 36.1. The number of ether oxygens (including phenoxy) is 2. The molecule has 130 valence electrons. The quantitative estimate of drug-likeness (QED) is 0.702. The summed E-state index contributed by atoms with van der Waals surface area (Å²) in [5, 5.41) is 0. The van der Waals surface area contributed by atoms with Crippen molar-refractivity contribution in [3.63, 3.8) is 0 Å². The Morgan fingerprint density at radius 2 is 2.04 bits per heavy atom. The van der Waals surface area contributed by atoms with Crippen LogP contribution in [0.4, 0.5) is 8.78 Å². The maximum atomic E-state index is 13.0. The lowest BCUT2D eigenvalue weighted by atomic mass is 9.80. The predicted octanol–water partition coefficient (Wildman–Crippen LogP) is 2.32. The largest absolute Gasteiger partial charge is 0.381 e. The Morgan fingerprint density at radius 1 is 1.26 bits per heavy atom. The Labute approximate surface area is 135 Å². The van der Waals surface area contributed by atoms with Gasteiger partial charge >= 0.3 is 0 Å². The molecule has 1 amide bonds. The third-order valence-electron chi connectivity index (χ3n) is 5.87. The molecule has 0 unspecified atom stereocenters. The van der Waals surface area contributed by atoms with E-state index in [-0.39, 0.29) is 24.9 Å². The van der Waals surface area contributed by atoms with Gasteiger partial charge in [-0.2, -0.15) is 0 Å². The van der Waals surface area contributed by atoms with E-state index in [2.05, 4.69) is 0 Å². The zero-order valence-corrected chi connectivity index (χ0v) is 13.4. The van der Waals surface area contributed by atoms with Gasteiger partial charge in [-0.05, 0) is 31.1 Å². The van der Waals surface area contributed by atoms with E-state index in [1.165, 1.54) is 12.8 Å². The van der Waals surface area contributed by atoms with Crippen molar-refractivity contribution >= 4 is 5.91 Å². The average molecular weight is 329 g/mol. The SMILES string of the molecule is O=C(C1CC(F)(F)C1)N1C[C@H]2[C@@H](CCOCC3CC3)CO[C@H]2C1. The van der Waals surface area contributed by atoms with Crippen molar-refractivity contribution in [1.82, 2.24) is 4.90 Å². The summed E-state index contributed by atoms with van der Waals surface area (Å²) in [7, 11) is 0. The molecule has 2 aliphatic carbocycles. The molecule has 0 spiro atoms. The van der Waals surface area contributed by atoms with Gasteiger partial charge in [0.05, 0.1) is 12.7 Å². The summed E-state index contributed by atoms with van der Waals surface area (Å²) in [5.74, 6) is -1.65. The molecule has 0 aromatic carbocycles. The molecule has 3 atom stereocenters. The molecule has 0 aromatic rings. The summed E-state index contributed by atoms with van der Waals surface area (Å²) in [6, 6.07) is 0. The number of rotatable bonds is 6. The van der Waals surface area contributed by atoms with Crippen LogP contribution >= 0.6 is 0 Å². The first kappa shape index (κ1) is 15.8. The molecule has 6 heteroatoms. The van der Waals surface area contributed by atoms with Gasteiger partial charge in [0.25, 0.3) is 0 Å². The number of carbonyl (C=O) groups is 1. The molecule has 2 aliphatic heterocycles.